The van der Waals surface area contributed by atoms with E-state index in [1.54, 1.807) is 42.5 Å². The number of nitrogens with one attached hydrogen (secondary N) is 1. The molecular formula is C26H22N2O5. The van der Waals surface area contributed by atoms with E-state index >= 15 is 0 Å². The van der Waals surface area contributed by atoms with Gasteiger partial charge in [-0.3, -0.25) is 9.59 Å². The van der Waals surface area contributed by atoms with Gasteiger partial charge in [0.05, 0.1) is 18.4 Å². The van der Waals surface area contributed by atoms with Crippen molar-refractivity contribution >= 4 is 28.8 Å². The predicted molar refractivity (Wildman–Crippen MR) is 125 cm³/mol. The van der Waals surface area contributed by atoms with Gasteiger partial charge in [0.2, 0.25) is 6.79 Å². The Morgan fingerprint density at radius 2 is 1.70 bits per heavy atom. The molecule has 0 fully saturated rings. The molecule has 2 heterocycles. The van der Waals surface area contributed by atoms with Gasteiger partial charge in [-0.2, -0.15) is 0 Å². The summed E-state index contributed by atoms with van der Waals surface area (Å²) < 4.78 is 16.3. The van der Waals surface area contributed by atoms with Crippen molar-refractivity contribution in [2.24, 2.45) is 0 Å². The quantitative estimate of drug-likeness (QED) is 0.589. The molecule has 0 aromatic heterocycles. The average Bonchev–Trinajstić information content (AvgIpc) is 3.36. The van der Waals surface area contributed by atoms with Crippen molar-refractivity contribution in [2.45, 2.75) is 13.8 Å². The summed E-state index contributed by atoms with van der Waals surface area (Å²) in [4.78, 5) is 28.5. The molecule has 3 aromatic carbocycles. The number of rotatable bonds is 5. The smallest absolute Gasteiger partial charge is 0.282 e. The molecular weight excluding hydrogens is 420 g/mol. The fourth-order valence-corrected chi connectivity index (χ4v) is 4.14. The van der Waals surface area contributed by atoms with Crippen LogP contribution in [-0.2, 0) is 9.59 Å². The monoisotopic (exact) mass is 442 g/mol. The van der Waals surface area contributed by atoms with Crippen LogP contribution in [-0.4, -0.2) is 25.7 Å². The van der Waals surface area contributed by atoms with Crippen molar-refractivity contribution in [1.29, 1.82) is 0 Å². The number of imide groups is 1. The van der Waals surface area contributed by atoms with Crippen molar-refractivity contribution in [3.05, 3.63) is 83.1 Å². The SMILES string of the molecule is COc1ccccc1N1C(=O)C(Nc2ccc3c(c2)OCO3)=C(c2ccc(C)cc2C)C1=O. The van der Waals surface area contributed by atoms with Gasteiger partial charge in [-0.05, 0) is 49.2 Å². The standard InChI is InChI=1S/C26H22N2O5/c1-15-8-10-18(16(2)12-15)23-24(27-17-9-11-21-22(13-17)33-14-32-21)26(30)28(25(23)29)19-6-4-5-7-20(19)31-3/h4-13,27H,14H2,1-3H3. The molecule has 0 saturated heterocycles. The third kappa shape index (κ3) is 3.47. The summed E-state index contributed by atoms with van der Waals surface area (Å²) in [5.74, 6) is 0.765. The molecule has 7 nitrogen and oxygen atoms in total. The van der Waals surface area contributed by atoms with Gasteiger partial charge in [0.1, 0.15) is 11.4 Å². The fourth-order valence-electron chi connectivity index (χ4n) is 4.14. The molecule has 5 rings (SSSR count). The number of nitrogens with zero attached hydrogens (tertiary/aromatic N) is 1. The topological polar surface area (TPSA) is 77.1 Å². The van der Waals surface area contributed by atoms with Crippen LogP contribution in [0.3, 0.4) is 0 Å². The minimum absolute atomic E-state index is 0.147. The highest BCUT2D eigenvalue weighted by Crippen LogP contribution is 2.40. The summed E-state index contributed by atoms with van der Waals surface area (Å²) in [7, 11) is 1.51. The Bertz CT molecular complexity index is 1330. The highest BCUT2D eigenvalue weighted by molar-refractivity contribution is 6.46. The van der Waals surface area contributed by atoms with Crippen LogP contribution in [0.1, 0.15) is 16.7 Å². The van der Waals surface area contributed by atoms with E-state index in [0.717, 1.165) is 16.0 Å². The molecule has 0 bridgehead atoms. The maximum atomic E-state index is 13.7. The molecule has 7 heteroatoms. The molecule has 2 aliphatic heterocycles. The lowest BCUT2D eigenvalue weighted by Crippen LogP contribution is -2.32. The van der Waals surface area contributed by atoms with Crippen molar-refractivity contribution in [3.8, 4) is 17.2 Å². The van der Waals surface area contributed by atoms with E-state index in [0.29, 0.717) is 39.8 Å². The van der Waals surface area contributed by atoms with Gasteiger partial charge < -0.3 is 19.5 Å². The molecule has 2 aliphatic rings. The molecule has 2 amide bonds. The van der Waals surface area contributed by atoms with E-state index in [9.17, 15) is 9.59 Å². The minimum Gasteiger partial charge on any atom is -0.495 e. The number of methoxy groups -OCH3 is 1. The lowest BCUT2D eigenvalue weighted by Gasteiger charge is -2.18. The summed E-state index contributed by atoms with van der Waals surface area (Å²) in [6.07, 6.45) is 0. The molecule has 0 radical (unpaired) electrons. The predicted octanol–water partition coefficient (Wildman–Crippen LogP) is 4.44. The Balaban J connectivity index is 1.64. The number of para-hydroxylation sites is 2. The molecule has 33 heavy (non-hydrogen) atoms. The zero-order valence-electron chi connectivity index (χ0n) is 18.5. The van der Waals surface area contributed by atoms with Gasteiger partial charge in [0.25, 0.3) is 11.8 Å². The van der Waals surface area contributed by atoms with Crippen molar-refractivity contribution in [3.63, 3.8) is 0 Å². The third-order valence-corrected chi connectivity index (χ3v) is 5.70. The largest absolute Gasteiger partial charge is 0.495 e. The summed E-state index contributed by atoms with van der Waals surface area (Å²) in [5, 5.41) is 3.17. The van der Waals surface area contributed by atoms with Crippen LogP contribution >= 0.6 is 0 Å². The third-order valence-electron chi connectivity index (χ3n) is 5.70. The molecule has 0 aliphatic carbocycles. The lowest BCUT2D eigenvalue weighted by atomic mass is 9.97. The number of anilines is 2. The van der Waals surface area contributed by atoms with Crippen LogP contribution in [0.4, 0.5) is 11.4 Å². The van der Waals surface area contributed by atoms with E-state index in [2.05, 4.69) is 5.32 Å². The summed E-state index contributed by atoms with van der Waals surface area (Å²) >= 11 is 0. The number of benzene rings is 3. The van der Waals surface area contributed by atoms with E-state index in [1.165, 1.54) is 7.11 Å². The van der Waals surface area contributed by atoms with Crippen LogP contribution in [0.2, 0.25) is 0 Å². The number of aryl methyl sites for hydroxylation is 2. The number of carbonyl (C=O) groups is 2. The number of ether oxygens (including phenoxy) is 3. The van der Waals surface area contributed by atoms with Gasteiger partial charge in [-0.1, -0.05) is 35.9 Å². The van der Waals surface area contributed by atoms with Crippen molar-refractivity contribution in [2.75, 3.05) is 24.1 Å². The van der Waals surface area contributed by atoms with Gasteiger partial charge in [0, 0.05) is 11.8 Å². The number of hydrogen-bond donors (Lipinski definition) is 1. The van der Waals surface area contributed by atoms with Crippen LogP contribution in [0.25, 0.3) is 5.57 Å². The Labute approximate surface area is 191 Å². The maximum Gasteiger partial charge on any atom is 0.282 e. The Morgan fingerprint density at radius 3 is 2.48 bits per heavy atom. The lowest BCUT2D eigenvalue weighted by molar-refractivity contribution is -0.120. The number of carbonyl (C=O) groups excluding carboxylic acids is 2. The van der Waals surface area contributed by atoms with Crippen LogP contribution in [0, 0.1) is 13.8 Å². The van der Waals surface area contributed by atoms with E-state index < -0.39 is 11.8 Å². The molecule has 3 aromatic rings. The zero-order chi connectivity index (χ0) is 23.1. The summed E-state index contributed by atoms with van der Waals surface area (Å²) in [5.41, 5.74) is 4.16. The molecule has 0 spiro atoms. The van der Waals surface area contributed by atoms with Gasteiger partial charge in [0.15, 0.2) is 11.5 Å². The molecule has 0 saturated carbocycles. The minimum atomic E-state index is -0.461. The van der Waals surface area contributed by atoms with Gasteiger partial charge in [-0.15, -0.1) is 0 Å². The molecule has 0 unspecified atom stereocenters. The van der Waals surface area contributed by atoms with Gasteiger partial charge >= 0.3 is 0 Å². The summed E-state index contributed by atoms with van der Waals surface area (Å²) in [6, 6.07) is 18.0. The average molecular weight is 442 g/mol. The van der Waals surface area contributed by atoms with E-state index in [1.807, 2.05) is 32.0 Å². The second kappa shape index (κ2) is 8.02. The van der Waals surface area contributed by atoms with E-state index in [4.69, 9.17) is 14.2 Å². The maximum absolute atomic E-state index is 13.7. The van der Waals surface area contributed by atoms with Crippen LogP contribution < -0.4 is 24.4 Å². The number of amides is 2. The van der Waals surface area contributed by atoms with Crippen LogP contribution in [0.15, 0.2) is 66.4 Å². The number of fused-ring (bicyclic) bond motifs is 1. The van der Waals surface area contributed by atoms with Crippen molar-refractivity contribution < 1.29 is 23.8 Å². The zero-order valence-corrected chi connectivity index (χ0v) is 18.5. The first kappa shape index (κ1) is 20.6. The first-order chi connectivity index (χ1) is 16.0. The highest BCUT2D eigenvalue weighted by Gasteiger charge is 2.42. The summed E-state index contributed by atoms with van der Waals surface area (Å²) in [6.45, 7) is 4.06. The first-order valence-corrected chi connectivity index (χ1v) is 10.5. The second-order valence-electron chi connectivity index (χ2n) is 7.88. The van der Waals surface area contributed by atoms with Crippen molar-refractivity contribution in [1.82, 2.24) is 0 Å². The molecule has 1 N–H and O–H groups in total. The normalized spacial score (nSPS) is 14.8. The second-order valence-corrected chi connectivity index (χ2v) is 7.88. The Kier molecular flexibility index (Phi) is 5.01. The number of hydrogen-bond acceptors (Lipinski definition) is 6. The van der Waals surface area contributed by atoms with E-state index in [-0.39, 0.29) is 12.5 Å². The van der Waals surface area contributed by atoms with Crippen LogP contribution in [0.5, 0.6) is 17.2 Å². The van der Waals surface area contributed by atoms with Gasteiger partial charge in [-0.25, -0.2) is 4.90 Å². The highest BCUT2D eigenvalue weighted by atomic mass is 16.7. The molecule has 0 atom stereocenters. The first-order valence-electron chi connectivity index (χ1n) is 10.5. The Hall–Kier alpha value is -4.26. The fraction of sp³-hybridized carbons (Fsp3) is 0.154. The Morgan fingerprint density at radius 1 is 0.909 bits per heavy atom. The molecule has 166 valence electrons.